The van der Waals surface area contributed by atoms with E-state index in [1.54, 1.807) is 38.3 Å². The third kappa shape index (κ3) is 3.31. The third-order valence-electron chi connectivity index (χ3n) is 4.20. The van der Waals surface area contributed by atoms with E-state index in [4.69, 9.17) is 19.9 Å². The Kier molecular flexibility index (Phi) is 4.75. The van der Waals surface area contributed by atoms with Crippen molar-refractivity contribution < 1.29 is 19.0 Å². The maximum absolute atomic E-state index is 12.8. The topological polar surface area (TPSA) is 74.0 Å². The molecule has 1 aliphatic rings. The number of anilines is 2. The van der Waals surface area contributed by atoms with Crippen LogP contribution >= 0.6 is 0 Å². The molecule has 2 aromatic rings. The summed E-state index contributed by atoms with van der Waals surface area (Å²) in [4.78, 5) is 14.7. The molecule has 6 nitrogen and oxygen atoms in total. The van der Waals surface area contributed by atoms with E-state index in [0.717, 1.165) is 11.3 Å². The highest BCUT2D eigenvalue weighted by Crippen LogP contribution is 2.42. The first-order chi connectivity index (χ1) is 12.4. The summed E-state index contributed by atoms with van der Waals surface area (Å²) >= 11 is 0. The van der Waals surface area contributed by atoms with Gasteiger partial charge in [0.2, 0.25) is 12.5 Å². The van der Waals surface area contributed by atoms with Crippen LogP contribution in [0.2, 0.25) is 0 Å². The van der Waals surface area contributed by atoms with Gasteiger partial charge < -0.3 is 24.8 Å². The smallest absolute Gasteiger partial charge is 0.231 e. The van der Waals surface area contributed by atoms with Crippen LogP contribution in [0, 0.1) is 0 Å². The van der Waals surface area contributed by atoms with Crippen molar-refractivity contribution in [3.05, 3.63) is 47.0 Å². The van der Waals surface area contributed by atoms with Crippen molar-refractivity contribution in [2.45, 2.75) is 6.92 Å². The molecule has 0 amide bonds. The summed E-state index contributed by atoms with van der Waals surface area (Å²) < 4.78 is 16.2. The van der Waals surface area contributed by atoms with Crippen molar-refractivity contribution in [3.63, 3.8) is 0 Å². The van der Waals surface area contributed by atoms with Crippen molar-refractivity contribution >= 4 is 23.2 Å². The molecule has 0 saturated heterocycles. The second-order valence-corrected chi connectivity index (χ2v) is 6.28. The predicted molar refractivity (Wildman–Crippen MR) is 102 cm³/mol. The lowest BCUT2D eigenvalue weighted by molar-refractivity contribution is 0.103. The van der Waals surface area contributed by atoms with Gasteiger partial charge in [0, 0.05) is 19.7 Å². The fraction of sp³-hybridized carbons (Fsp3) is 0.250. The molecule has 0 unspecified atom stereocenters. The SMILES string of the molecule is COc1cc(/C=C(\C)C(=O)c2ccc(N)c(N(C)C)c2)cc2c1OCO2. The number of carbonyl (C=O) groups is 1. The van der Waals surface area contributed by atoms with Crippen LogP contribution in [-0.2, 0) is 0 Å². The van der Waals surface area contributed by atoms with Gasteiger partial charge in [-0.1, -0.05) is 0 Å². The molecule has 0 aliphatic carbocycles. The maximum atomic E-state index is 12.8. The van der Waals surface area contributed by atoms with E-state index in [1.165, 1.54) is 0 Å². The van der Waals surface area contributed by atoms with E-state index >= 15 is 0 Å². The number of rotatable bonds is 5. The van der Waals surface area contributed by atoms with Crippen LogP contribution in [0.4, 0.5) is 11.4 Å². The van der Waals surface area contributed by atoms with E-state index in [-0.39, 0.29) is 12.6 Å². The van der Waals surface area contributed by atoms with Crippen LogP contribution in [0.3, 0.4) is 0 Å². The zero-order valence-corrected chi connectivity index (χ0v) is 15.3. The molecule has 2 aromatic carbocycles. The summed E-state index contributed by atoms with van der Waals surface area (Å²) in [5, 5.41) is 0. The molecule has 1 aliphatic heterocycles. The Hall–Kier alpha value is -3.15. The molecular formula is C20H22N2O4. The molecular weight excluding hydrogens is 332 g/mol. The number of benzene rings is 2. The number of ketones is 1. The zero-order valence-electron chi connectivity index (χ0n) is 15.3. The molecule has 0 atom stereocenters. The maximum Gasteiger partial charge on any atom is 0.231 e. The molecule has 0 spiro atoms. The Bertz CT molecular complexity index is 888. The van der Waals surface area contributed by atoms with Gasteiger partial charge in [-0.3, -0.25) is 4.79 Å². The van der Waals surface area contributed by atoms with E-state index < -0.39 is 0 Å². The first-order valence-electron chi connectivity index (χ1n) is 8.18. The van der Waals surface area contributed by atoms with Gasteiger partial charge in [-0.25, -0.2) is 0 Å². The first kappa shape index (κ1) is 17.7. The third-order valence-corrected chi connectivity index (χ3v) is 4.20. The fourth-order valence-electron chi connectivity index (χ4n) is 2.85. The quantitative estimate of drug-likeness (QED) is 0.504. The molecule has 1 heterocycles. The van der Waals surface area contributed by atoms with Gasteiger partial charge in [0.25, 0.3) is 0 Å². The highest BCUT2D eigenvalue weighted by molar-refractivity contribution is 6.11. The lowest BCUT2D eigenvalue weighted by atomic mass is 10.0. The number of nitrogens with two attached hydrogens (primary N) is 1. The summed E-state index contributed by atoms with van der Waals surface area (Å²) in [6.07, 6.45) is 1.80. The molecule has 0 fully saturated rings. The molecule has 136 valence electrons. The van der Waals surface area contributed by atoms with Crippen LogP contribution in [-0.4, -0.2) is 33.8 Å². The van der Waals surface area contributed by atoms with E-state index in [1.807, 2.05) is 31.1 Å². The van der Waals surface area contributed by atoms with Gasteiger partial charge in [-0.2, -0.15) is 0 Å². The molecule has 26 heavy (non-hydrogen) atoms. The minimum absolute atomic E-state index is 0.0651. The Morgan fingerprint density at radius 1 is 1.23 bits per heavy atom. The van der Waals surface area contributed by atoms with Crippen molar-refractivity contribution in [1.82, 2.24) is 0 Å². The number of ether oxygens (including phenoxy) is 3. The van der Waals surface area contributed by atoms with Gasteiger partial charge in [0.1, 0.15) is 0 Å². The van der Waals surface area contributed by atoms with Crippen LogP contribution in [0.1, 0.15) is 22.8 Å². The largest absolute Gasteiger partial charge is 0.493 e. The predicted octanol–water partition coefficient (Wildman–Crippen LogP) is 3.36. The number of hydrogen-bond acceptors (Lipinski definition) is 6. The first-order valence-corrected chi connectivity index (χ1v) is 8.18. The van der Waals surface area contributed by atoms with Crippen LogP contribution in [0.15, 0.2) is 35.9 Å². The molecule has 3 rings (SSSR count). The van der Waals surface area contributed by atoms with Gasteiger partial charge in [0.05, 0.1) is 18.5 Å². The molecule has 0 bridgehead atoms. The van der Waals surface area contributed by atoms with Crippen LogP contribution in [0.5, 0.6) is 17.2 Å². The highest BCUT2D eigenvalue weighted by Gasteiger charge is 2.20. The van der Waals surface area contributed by atoms with E-state index in [9.17, 15) is 4.79 Å². The van der Waals surface area contributed by atoms with Crippen LogP contribution < -0.4 is 24.8 Å². The molecule has 6 heteroatoms. The highest BCUT2D eigenvalue weighted by atomic mass is 16.7. The Morgan fingerprint density at radius 3 is 2.69 bits per heavy atom. The van der Waals surface area contributed by atoms with Crippen molar-refractivity contribution in [2.24, 2.45) is 0 Å². The summed E-state index contributed by atoms with van der Waals surface area (Å²) in [6.45, 7) is 1.95. The number of methoxy groups -OCH3 is 1. The number of carbonyl (C=O) groups excluding carboxylic acids is 1. The van der Waals surface area contributed by atoms with Gasteiger partial charge in [-0.15, -0.1) is 0 Å². The summed E-state index contributed by atoms with van der Waals surface area (Å²) in [6, 6.07) is 8.94. The standard InChI is InChI=1S/C20H22N2O4/c1-12(19(23)14-5-6-15(21)16(10-14)22(2)3)7-13-8-17(24-4)20-18(9-13)25-11-26-20/h5-10H,11,21H2,1-4H3/b12-7+. The summed E-state index contributed by atoms with van der Waals surface area (Å²) in [5.41, 5.74) is 9.40. The van der Waals surface area contributed by atoms with Crippen LogP contribution in [0.25, 0.3) is 6.08 Å². The van der Waals surface area contributed by atoms with Gasteiger partial charge >= 0.3 is 0 Å². The van der Waals surface area contributed by atoms with Gasteiger partial charge in [0.15, 0.2) is 17.3 Å². The fourth-order valence-corrected chi connectivity index (χ4v) is 2.85. The van der Waals surface area contributed by atoms with Crippen molar-refractivity contribution in [2.75, 3.05) is 38.6 Å². The zero-order chi connectivity index (χ0) is 18.8. The Labute approximate surface area is 152 Å². The lowest BCUT2D eigenvalue weighted by Gasteiger charge is -2.16. The molecule has 0 radical (unpaired) electrons. The molecule has 0 aromatic heterocycles. The number of fused-ring (bicyclic) bond motifs is 1. The number of hydrogen-bond donors (Lipinski definition) is 1. The number of allylic oxidation sites excluding steroid dienone is 1. The number of nitrogens with zero attached hydrogens (tertiary/aromatic N) is 1. The average Bonchev–Trinajstić information content (AvgIpc) is 3.09. The minimum Gasteiger partial charge on any atom is -0.493 e. The van der Waals surface area contributed by atoms with Crippen molar-refractivity contribution in [3.8, 4) is 17.2 Å². The van der Waals surface area contributed by atoms with E-state index in [2.05, 4.69) is 0 Å². The number of Topliss-reactive ketones (excluding diaryl/α,β-unsaturated/α-hetero) is 1. The molecule has 2 N–H and O–H groups in total. The summed E-state index contributed by atoms with van der Waals surface area (Å²) in [7, 11) is 5.35. The monoisotopic (exact) mass is 354 g/mol. The Morgan fingerprint density at radius 2 is 2.00 bits per heavy atom. The second-order valence-electron chi connectivity index (χ2n) is 6.28. The van der Waals surface area contributed by atoms with Gasteiger partial charge in [-0.05, 0) is 54.5 Å². The van der Waals surface area contributed by atoms with E-state index in [0.29, 0.717) is 34.1 Å². The minimum atomic E-state index is -0.0651. The number of nitrogen functional groups attached to an aromatic ring is 1. The average molecular weight is 354 g/mol. The summed E-state index contributed by atoms with van der Waals surface area (Å²) in [5.74, 6) is 1.71. The molecule has 0 saturated carbocycles. The van der Waals surface area contributed by atoms with Crippen molar-refractivity contribution in [1.29, 1.82) is 0 Å². The lowest BCUT2D eigenvalue weighted by Crippen LogP contribution is -2.12. The Balaban J connectivity index is 1.93. The second kappa shape index (κ2) is 7.00. The normalized spacial score (nSPS) is 12.8.